The number of imidazole rings is 1. The van der Waals surface area contributed by atoms with Crippen LogP contribution >= 0.6 is 11.6 Å². The number of fused-ring (bicyclic) bond motifs is 1. The van der Waals surface area contributed by atoms with E-state index in [4.69, 9.17) is 11.6 Å². The van der Waals surface area contributed by atoms with Gasteiger partial charge < -0.3 is 9.88 Å². The lowest BCUT2D eigenvalue weighted by atomic mass is 10.3. The number of anilines is 1. The van der Waals surface area contributed by atoms with Crippen LogP contribution in [0.4, 0.5) is 11.4 Å². The van der Waals surface area contributed by atoms with Crippen LogP contribution in [0, 0.1) is 10.1 Å². The molecule has 2 aromatic carbocycles. The number of nitrogens with zero attached hydrogens (tertiary/aromatic N) is 4. The Labute approximate surface area is 179 Å². The maximum Gasteiger partial charge on any atom is 0.289 e. The van der Waals surface area contributed by atoms with E-state index in [0.717, 1.165) is 16.2 Å². The minimum Gasteiger partial charge on any atom is -0.378 e. The predicted octanol–water partition coefficient (Wildman–Crippen LogP) is 3.87. The lowest BCUT2D eigenvalue weighted by molar-refractivity contribution is -0.384. The molecule has 0 unspecified atom stereocenters. The number of nitro groups is 1. The van der Waals surface area contributed by atoms with Crippen LogP contribution in [0.25, 0.3) is 11.0 Å². The Hall–Kier alpha value is -2.69. The van der Waals surface area contributed by atoms with Crippen molar-refractivity contribution in [2.75, 3.05) is 19.4 Å². The normalized spacial score (nSPS) is 11.9. The van der Waals surface area contributed by atoms with E-state index in [2.05, 4.69) is 10.3 Å². The quantitative estimate of drug-likeness (QED) is 0.411. The summed E-state index contributed by atoms with van der Waals surface area (Å²) < 4.78 is 28.0. The molecule has 0 aliphatic heterocycles. The number of sulfonamides is 1. The molecule has 0 aliphatic carbocycles. The van der Waals surface area contributed by atoms with Gasteiger partial charge in [-0.05, 0) is 36.8 Å². The molecule has 0 spiro atoms. The molecule has 3 aromatic rings. The van der Waals surface area contributed by atoms with Crippen molar-refractivity contribution >= 4 is 44.0 Å². The van der Waals surface area contributed by atoms with Crippen molar-refractivity contribution < 1.29 is 13.3 Å². The summed E-state index contributed by atoms with van der Waals surface area (Å²) in [5.74, 6) is 0.698. The van der Waals surface area contributed by atoms with Crippen LogP contribution < -0.4 is 5.32 Å². The molecule has 0 fully saturated rings. The molecule has 0 amide bonds. The lowest BCUT2D eigenvalue weighted by Gasteiger charge is -2.11. The highest BCUT2D eigenvalue weighted by molar-refractivity contribution is 7.89. The second-order valence-corrected chi connectivity index (χ2v) is 9.45. The molecule has 1 N–H and O–H groups in total. The van der Waals surface area contributed by atoms with Crippen LogP contribution in [0.1, 0.15) is 19.2 Å². The molecule has 0 bridgehead atoms. The van der Waals surface area contributed by atoms with Crippen molar-refractivity contribution in [1.82, 2.24) is 13.9 Å². The highest BCUT2D eigenvalue weighted by Gasteiger charge is 2.20. The van der Waals surface area contributed by atoms with Gasteiger partial charge in [-0.1, -0.05) is 18.5 Å². The van der Waals surface area contributed by atoms with Crippen molar-refractivity contribution in [3.8, 4) is 0 Å². The number of benzene rings is 2. The van der Waals surface area contributed by atoms with Gasteiger partial charge >= 0.3 is 0 Å². The molecule has 1 heterocycles. The zero-order valence-electron chi connectivity index (χ0n) is 16.8. The molecule has 0 saturated heterocycles. The molecular formula is C19H22ClN5O4S. The number of halogens is 1. The minimum atomic E-state index is -3.56. The van der Waals surface area contributed by atoms with Gasteiger partial charge in [0, 0.05) is 32.4 Å². The van der Waals surface area contributed by atoms with Crippen LogP contribution in [0.15, 0.2) is 41.3 Å². The fourth-order valence-electron chi connectivity index (χ4n) is 3.08. The maximum atomic E-state index is 12.4. The predicted molar refractivity (Wildman–Crippen MR) is 116 cm³/mol. The Balaban J connectivity index is 1.96. The van der Waals surface area contributed by atoms with Gasteiger partial charge in [-0.25, -0.2) is 17.7 Å². The number of hydrogen-bond acceptors (Lipinski definition) is 6. The van der Waals surface area contributed by atoms with Gasteiger partial charge in [0.2, 0.25) is 10.0 Å². The van der Waals surface area contributed by atoms with Gasteiger partial charge in [0.1, 0.15) is 10.8 Å². The minimum absolute atomic E-state index is 0.0680. The first kappa shape index (κ1) is 22.0. The van der Waals surface area contributed by atoms with E-state index in [9.17, 15) is 18.5 Å². The molecule has 0 radical (unpaired) electrons. The maximum absolute atomic E-state index is 12.4. The number of rotatable bonds is 8. The first-order chi connectivity index (χ1) is 14.1. The number of aromatic nitrogens is 2. The van der Waals surface area contributed by atoms with Gasteiger partial charge in [-0.15, -0.1) is 0 Å². The second kappa shape index (κ2) is 8.58. The Morgan fingerprint density at radius 3 is 2.60 bits per heavy atom. The summed E-state index contributed by atoms with van der Waals surface area (Å²) in [7, 11) is -0.600. The van der Waals surface area contributed by atoms with Gasteiger partial charge in [-0.3, -0.25) is 10.1 Å². The van der Waals surface area contributed by atoms with Crippen molar-refractivity contribution in [3.05, 3.63) is 57.4 Å². The van der Waals surface area contributed by atoms with E-state index < -0.39 is 14.9 Å². The third-order valence-electron chi connectivity index (χ3n) is 4.62. The topological polar surface area (TPSA) is 110 Å². The van der Waals surface area contributed by atoms with E-state index in [-0.39, 0.29) is 15.6 Å². The van der Waals surface area contributed by atoms with Crippen molar-refractivity contribution in [3.63, 3.8) is 0 Å². The summed E-state index contributed by atoms with van der Waals surface area (Å²) in [6.45, 7) is 3.05. The van der Waals surface area contributed by atoms with Crippen LogP contribution in [-0.4, -0.2) is 41.3 Å². The van der Waals surface area contributed by atoms with Crippen molar-refractivity contribution in [2.24, 2.45) is 0 Å². The molecule has 1 aromatic heterocycles. The summed E-state index contributed by atoms with van der Waals surface area (Å²) in [6.07, 6.45) is 0.864. The molecule has 0 saturated carbocycles. The average molecular weight is 452 g/mol. The largest absolute Gasteiger partial charge is 0.378 e. The van der Waals surface area contributed by atoms with Gasteiger partial charge in [0.05, 0.1) is 27.4 Å². The Kier molecular flexibility index (Phi) is 6.30. The van der Waals surface area contributed by atoms with E-state index in [1.807, 2.05) is 11.5 Å². The van der Waals surface area contributed by atoms with Gasteiger partial charge in [0.25, 0.3) is 5.69 Å². The average Bonchev–Trinajstić information content (AvgIpc) is 3.04. The smallest absolute Gasteiger partial charge is 0.289 e. The first-order valence-electron chi connectivity index (χ1n) is 9.24. The fraction of sp³-hybridized carbons (Fsp3) is 0.316. The highest BCUT2D eigenvalue weighted by atomic mass is 35.5. The molecule has 160 valence electrons. The molecule has 0 atom stereocenters. The summed E-state index contributed by atoms with van der Waals surface area (Å²) >= 11 is 5.86. The fourth-order valence-corrected chi connectivity index (χ4v) is 4.19. The standard InChI is InChI=1S/C19H22ClN5O4S/c1-4-9-24-17-8-6-14(30(28,29)23(2)3)11-16(17)22-19(24)12-21-13-5-7-15(20)18(10-13)25(26)27/h5-8,10-11,21H,4,9,12H2,1-3H3. The second-order valence-electron chi connectivity index (χ2n) is 6.89. The summed E-state index contributed by atoms with van der Waals surface area (Å²) in [6, 6.07) is 9.39. The van der Waals surface area contributed by atoms with Crippen LogP contribution in [0.5, 0.6) is 0 Å². The third-order valence-corrected chi connectivity index (χ3v) is 6.75. The SMILES string of the molecule is CCCn1c(CNc2ccc(Cl)c([N+](=O)[O-])c2)nc2cc(S(=O)(=O)N(C)C)ccc21. The first-order valence-corrected chi connectivity index (χ1v) is 11.1. The van der Waals surface area contributed by atoms with Gasteiger partial charge in [-0.2, -0.15) is 0 Å². The van der Waals surface area contributed by atoms with E-state index in [1.54, 1.807) is 24.3 Å². The molecule has 3 rings (SSSR count). The number of hydrogen-bond donors (Lipinski definition) is 1. The summed E-state index contributed by atoms with van der Waals surface area (Å²) in [5.41, 5.74) is 1.76. The van der Waals surface area contributed by atoms with E-state index >= 15 is 0 Å². The molecule has 30 heavy (non-hydrogen) atoms. The van der Waals surface area contributed by atoms with Crippen LogP contribution in [-0.2, 0) is 23.1 Å². The van der Waals surface area contributed by atoms with Gasteiger partial charge in [0.15, 0.2) is 0 Å². The zero-order valence-corrected chi connectivity index (χ0v) is 18.4. The molecule has 11 heteroatoms. The van der Waals surface area contributed by atoms with Crippen molar-refractivity contribution in [1.29, 1.82) is 0 Å². The molecule has 9 nitrogen and oxygen atoms in total. The monoisotopic (exact) mass is 451 g/mol. The van der Waals surface area contributed by atoms with E-state index in [1.165, 1.54) is 26.2 Å². The summed E-state index contributed by atoms with van der Waals surface area (Å²) in [5, 5.41) is 14.3. The number of nitrogens with one attached hydrogen (secondary N) is 1. The van der Waals surface area contributed by atoms with Crippen LogP contribution in [0.3, 0.4) is 0 Å². The number of aryl methyl sites for hydroxylation is 1. The molecular weight excluding hydrogens is 430 g/mol. The lowest BCUT2D eigenvalue weighted by Crippen LogP contribution is -2.22. The Morgan fingerprint density at radius 2 is 1.97 bits per heavy atom. The third kappa shape index (κ3) is 4.25. The Morgan fingerprint density at radius 1 is 1.23 bits per heavy atom. The summed E-state index contributed by atoms with van der Waals surface area (Å²) in [4.78, 5) is 15.3. The zero-order chi connectivity index (χ0) is 22.1. The molecule has 0 aliphatic rings. The van der Waals surface area contributed by atoms with E-state index in [0.29, 0.717) is 30.1 Å². The Bertz CT molecular complexity index is 1210. The highest BCUT2D eigenvalue weighted by Crippen LogP contribution is 2.28. The van der Waals surface area contributed by atoms with Crippen molar-refractivity contribution in [2.45, 2.75) is 31.3 Å². The van der Waals surface area contributed by atoms with Crippen LogP contribution in [0.2, 0.25) is 5.02 Å². The number of nitro benzene ring substituents is 1.